The third-order valence-electron chi connectivity index (χ3n) is 2.21. The molecule has 8 heteroatoms. The molecule has 1 unspecified atom stereocenters. The molecule has 0 radical (unpaired) electrons. The van der Waals surface area contributed by atoms with Crippen LogP contribution in [0.5, 0.6) is 0 Å². The van der Waals surface area contributed by atoms with Gasteiger partial charge in [0.25, 0.3) is 5.91 Å². The van der Waals surface area contributed by atoms with Crippen molar-refractivity contribution in [2.75, 3.05) is 0 Å². The Balaban J connectivity index is 2.74. The summed E-state index contributed by atoms with van der Waals surface area (Å²) in [5.41, 5.74) is 0.106. The Morgan fingerprint density at radius 2 is 2.28 bits per heavy atom. The Bertz CT molecular complexity index is 471. The molecule has 1 aromatic heterocycles. The lowest BCUT2D eigenvalue weighted by atomic mass is 10.1. The average molecular weight is 272 g/mol. The molecule has 0 fully saturated rings. The van der Waals surface area contributed by atoms with E-state index in [0.717, 1.165) is 17.4 Å². The van der Waals surface area contributed by atoms with Crippen LogP contribution in [-0.4, -0.2) is 27.9 Å². The molecule has 2 N–H and O–H groups in total. The van der Waals surface area contributed by atoms with Crippen LogP contribution < -0.4 is 5.32 Å². The average Bonchev–Trinajstić information content (AvgIpc) is 2.77. The maximum absolute atomic E-state index is 11.7. The minimum absolute atomic E-state index is 0.106. The summed E-state index contributed by atoms with van der Waals surface area (Å²) >= 11 is 0.827. The number of aliphatic carboxylic acids is 1. The Morgan fingerprint density at radius 1 is 1.61 bits per heavy atom. The fourth-order valence-corrected chi connectivity index (χ4v) is 2.03. The van der Waals surface area contributed by atoms with E-state index in [1.165, 1.54) is 5.38 Å². The van der Waals surface area contributed by atoms with Crippen molar-refractivity contribution in [1.82, 2.24) is 5.32 Å². The van der Waals surface area contributed by atoms with Gasteiger partial charge in [0.15, 0.2) is 0 Å². The van der Waals surface area contributed by atoms with Gasteiger partial charge in [-0.3, -0.25) is 14.9 Å². The van der Waals surface area contributed by atoms with Crippen LogP contribution in [-0.2, 0) is 4.79 Å². The zero-order valence-corrected chi connectivity index (χ0v) is 10.4. The number of nitro groups is 1. The molecule has 18 heavy (non-hydrogen) atoms. The lowest BCUT2D eigenvalue weighted by Crippen LogP contribution is -2.40. The van der Waals surface area contributed by atoms with Crippen LogP contribution in [0.1, 0.15) is 30.1 Å². The van der Waals surface area contributed by atoms with E-state index in [1.807, 2.05) is 0 Å². The second-order valence-corrected chi connectivity index (χ2v) is 4.47. The maximum Gasteiger partial charge on any atom is 0.326 e. The Kier molecular flexibility index (Phi) is 4.78. The van der Waals surface area contributed by atoms with Crippen molar-refractivity contribution in [3.63, 3.8) is 0 Å². The van der Waals surface area contributed by atoms with Crippen LogP contribution in [0, 0.1) is 10.1 Å². The van der Waals surface area contributed by atoms with E-state index in [1.54, 1.807) is 6.92 Å². The number of thiophene rings is 1. The molecule has 0 aliphatic rings. The quantitative estimate of drug-likeness (QED) is 0.604. The predicted molar refractivity (Wildman–Crippen MR) is 64.8 cm³/mol. The molecular weight excluding hydrogens is 260 g/mol. The zero-order valence-electron chi connectivity index (χ0n) is 9.58. The highest BCUT2D eigenvalue weighted by molar-refractivity contribution is 7.13. The number of carbonyl (C=O) groups is 2. The van der Waals surface area contributed by atoms with E-state index < -0.39 is 22.8 Å². The number of amides is 1. The van der Waals surface area contributed by atoms with E-state index in [4.69, 9.17) is 5.11 Å². The van der Waals surface area contributed by atoms with Crippen LogP contribution in [0.15, 0.2) is 11.4 Å². The molecular formula is C10H12N2O5S. The molecule has 0 aliphatic heterocycles. The van der Waals surface area contributed by atoms with Gasteiger partial charge in [-0.15, -0.1) is 0 Å². The van der Waals surface area contributed by atoms with Gasteiger partial charge in [0.05, 0.1) is 10.5 Å². The summed E-state index contributed by atoms with van der Waals surface area (Å²) in [4.78, 5) is 32.4. The van der Waals surface area contributed by atoms with Gasteiger partial charge in [0.1, 0.15) is 6.04 Å². The van der Waals surface area contributed by atoms with E-state index in [0.29, 0.717) is 12.8 Å². The Labute approximate surface area is 107 Å². The smallest absolute Gasteiger partial charge is 0.326 e. The molecule has 0 saturated carbocycles. The third kappa shape index (κ3) is 3.52. The summed E-state index contributed by atoms with van der Waals surface area (Å²) in [7, 11) is 0. The number of carbonyl (C=O) groups excluding carboxylic acids is 1. The van der Waals surface area contributed by atoms with Crippen LogP contribution in [0.2, 0.25) is 0 Å². The van der Waals surface area contributed by atoms with Gasteiger partial charge in [-0.25, -0.2) is 4.79 Å². The molecule has 0 saturated heterocycles. The van der Waals surface area contributed by atoms with Crippen molar-refractivity contribution in [2.45, 2.75) is 25.8 Å². The largest absolute Gasteiger partial charge is 0.480 e. The topological polar surface area (TPSA) is 110 Å². The zero-order chi connectivity index (χ0) is 13.7. The molecule has 1 rings (SSSR count). The highest BCUT2D eigenvalue weighted by atomic mass is 32.1. The molecule has 1 aromatic rings. The first-order valence-corrected chi connectivity index (χ1v) is 6.10. The van der Waals surface area contributed by atoms with Crippen molar-refractivity contribution in [3.8, 4) is 0 Å². The number of carboxylic acid groups (broad SMARTS) is 1. The van der Waals surface area contributed by atoms with Gasteiger partial charge in [-0.1, -0.05) is 24.7 Å². The van der Waals surface area contributed by atoms with Crippen molar-refractivity contribution >= 4 is 28.2 Å². The maximum atomic E-state index is 11.7. The second kappa shape index (κ2) is 6.10. The fourth-order valence-electron chi connectivity index (χ4n) is 1.33. The monoisotopic (exact) mass is 272 g/mol. The molecule has 98 valence electrons. The summed E-state index contributed by atoms with van der Waals surface area (Å²) in [6.07, 6.45) is 0.925. The fraction of sp³-hybridized carbons (Fsp3) is 0.400. The SMILES string of the molecule is CCCC(NC(=O)c1csc([N+](=O)[O-])c1)C(=O)O. The minimum Gasteiger partial charge on any atom is -0.480 e. The summed E-state index contributed by atoms with van der Waals surface area (Å²) in [5, 5.41) is 22.8. The first-order valence-electron chi connectivity index (χ1n) is 5.22. The predicted octanol–water partition coefficient (Wildman–Crippen LogP) is 1.64. The number of carboxylic acids is 1. The van der Waals surface area contributed by atoms with Gasteiger partial charge in [0.2, 0.25) is 0 Å². The van der Waals surface area contributed by atoms with Crippen molar-refractivity contribution in [2.24, 2.45) is 0 Å². The summed E-state index contributed by atoms with van der Waals surface area (Å²) in [6.45, 7) is 1.80. The van der Waals surface area contributed by atoms with Crippen LogP contribution >= 0.6 is 11.3 Å². The van der Waals surface area contributed by atoms with Crippen molar-refractivity contribution in [1.29, 1.82) is 0 Å². The number of hydrogen-bond donors (Lipinski definition) is 2. The van der Waals surface area contributed by atoms with Crippen LogP contribution in [0.4, 0.5) is 5.00 Å². The van der Waals surface area contributed by atoms with Gasteiger partial charge in [-0.05, 0) is 6.42 Å². The Morgan fingerprint density at radius 3 is 2.72 bits per heavy atom. The molecule has 1 amide bonds. The highest BCUT2D eigenvalue weighted by Crippen LogP contribution is 2.22. The summed E-state index contributed by atoms with van der Waals surface area (Å²) < 4.78 is 0. The molecule has 1 heterocycles. The Hall–Kier alpha value is -1.96. The van der Waals surface area contributed by atoms with E-state index in [2.05, 4.69) is 5.32 Å². The van der Waals surface area contributed by atoms with E-state index in [9.17, 15) is 19.7 Å². The van der Waals surface area contributed by atoms with Gasteiger partial charge >= 0.3 is 11.0 Å². The lowest BCUT2D eigenvalue weighted by Gasteiger charge is -2.12. The van der Waals surface area contributed by atoms with E-state index in [-0.39, 0.29) is 10.6 Å². The molecule has 0 bridgehead atoms. The van der Waals surface area contributed by atoms with Crippen molar-refractivity contribution in [3.05, 3.63) is 27.1 Å². The molecule has 7 nitrogen and oxygen atoms in total. The first-order chi connectivity index (χ1) is 8.45. The van der Waals surface area contributed by atoms with E-state index >= 15 is 0 Å². The first kappa shape index (κ1) is 14.1. The minimum atomic E-state index is -1.12. The van der Waals surface area contributed by atoms with Gasteiger partial charge in [-0.2, -0.15) is 0 Å². The molecule has 0 spiro atoms. The van der Waals surface area contributed by atoms with Gasteiger partial charge < -0.3 is 10.4 Å². The number of nitrogens with zero attached hydrogens (tertiary/aromatic N) is 1. The molecule has 0 aliphatic carbocycles. The number of hydrogen-bond acceptors (Lipinski definition) is 5. The second-order valence-electron chi connectivity index (χ2n) is 3.58. The van der Waals surface area contributed by atoms with Crippen molar-refractivity contribution < 1.29 is 19.6 Å². The molecule has 1 atom stereocenters. The third-order valence-corrected chi connectivity index (χ3v) is 3.09. The standard InChI is InChI=1S/C10H12N2O5S/c1-2-3-7(10(14)15)11-9(13)6-4-8(12(16)17)18-5-6/h4-5,7H,2-3H2,1H3,(H,11,13)(H,14,15). The van der Waals surface area contributed by atoms with Gasteiger partial charge in [0, 0.05) is 11.4 Å². The van der Waals surface area contributed by atoms with Crippen LogP contribution in [0.25, 0.3) is 0 Å². The lowest BCUT2D eigenvalue weighted by molar-refractivity contribution is -0.380. The molecule has 0 aromatic carbocycles. The van der Waals surface area contributed by atoms with Crippen LogP contribution in [0.3, 0.4) is 0 Å². The summed E-state index contributed by atoms with van der Waals surface area (Å²) in [5.74, 6) is -1.73. The summed E-state index contributed by atoms with van der Waals surface area (Å²) in [6, 6.07) is 0.159. The number of nitrogens with one attached hydrogen (secondary N) is 1. The normalized spacial score (nSPS) is 11.8. The number of rotatable bonds is 6. The highest BCUT2D eigenvalue weighted by Gasteiger charge is 2.21.